The molecule has 0 spiro atoms. The van der Waals surface area contributed by atoms with Gasteiger partial charge in [0.05, 0.1) is 12.2 Å². The molecular weight excluding hydrogens is 272 g/mol. The fourth-order valence-electron chi connectivity index (χ4n) is 6.65. The van der Waals surface area contributed by atoms with Crippen LogP contribution in [-0.4, -0.2) is 22.4 Å². The zero-order valence-corrected chi connectivity index (χ0v) is 14.8. The Morgan fingerprint density at radius 2 is 1.77 bits per heavy atom. The molecule has 0 aromatic carbocycles. The molecule has 3 fully saturated rings. The van der Waals surface area contributed by atoms with E-state index in [9.17, 15) is 10.2 Å². The van der Waals surface area contributed by atoms with Crippen molar-refractivity contribution in [2.24, 2.45) is 34.0 Å². The highest BCUT2D eigenvalue weighted by molar-refractivity contribution is 5.15. The second-order valence-corrected chi connectivity index (χ2v) is 9.15. The Hall–Kier alpha value is -0.340. The van der Waals surface area contributed by atoms with Crippen molar-refractivity contribution in [2.75, 3.05) is 0 Å². The minimum absolute atomic E-state index is 0.0204. The molecule has 0 amide bonds. The lowest BCUT2D eigenvalue weighted by Gasteiger charge is -2.62. The van der Waals surface area contributed by atoms with Gasteiger partial charge in [0.2, 0.25) is 0 Å². The molecule has 2 heteroatoms. The Bertz CT molecular complexity index is 461. The van der Waals surface area contributed by atoms with Crippen LogP contribution < -0.4 is 0 Å². The number of rotatable bonds is 1. The summed E-state index contributed by atoms with van der Waals surface area (Å²) in [6.45, 7) is 13.0. The first-order valence-electron chi connectivity index (χ1n) is 9.22. The van der Waals surface area contributed by atoms with Gasteiger partial charge in [-0.3, -0.25) is 0 Å². The van der Waals surface area contributed by atoms with Gasteiger partial charge in [-0.25, -0.2) is 0 Å². The number of hydrogen-bond acceptors (Lipinski definition) is 2. The van der Waals surface area contributed by atoms with E-state index in [-0.39, 0.29) is 22.9 Å². The van der Waals surface area contributed by atoms with E-state index < -0.39 is 11.5 Å². The average Bonchev–Trinajstić information content (AvgIpc) is 2.94. The number of aliphatic hydroxyl groups excluding tert-OH is 2. The molecule has 3 aliphatic rings. The van der Waals surface area contributed by atoms with Crippen molar-refractivity contribution < 1.29 is 10.2 Å². The van der Waals surface area contributed by atoms with Crippen molar-refractivity contribution in [1.82, 2.24) is 0 Å². The zero-order valence-electron chi connectivity index (χ0n) is 14.8. The average molecular weight is 306 g/mol. The van der Waals surface area contributed by atoms with Crippen LogP contribution in [0.3, 0.4) is 0 Å². The number of hydrogen-bond donors (Lipinski definition) is 2. The maximum Gasteiger partial charge on any atom is 0.0659 e. The maximum absolute atomic E-state index is 11.2. The van der Waals surface area contributed by atoms with Gasteiger partial charge in [-0.05, 0) is 60.7 Å². The van der Waals surface area contributed by atoms with E-state index in [0.29, 0.717) is 18.3 Å². The largest absolute Gasteiger partial charge is 0.393 e. The van der Waals surface area contributed by atoms with Gasteiger partial charge >= 0.3 is 0 Å². The first-order valence-corrected chi connectivity index (χ1v) is 9.22. The van der Waals surface area contributed by atoms with E-state index in [1.54, 1.807) is 0 Å². The summed E-state index contributed by atoms with van der Waals surface area (Å²) >= 11 is 0. The summed E-state index contributed by atoms with van der Waals surface area (Å²) in [7, 11) is 0. The van der Waals surface area contributed by atoms with Crippen LogP contribution in [0.4, 0.5) is 0 Å². The monoisotopic (exact) mass is 306 g/mol. The summed E-state index contributed by atoms with van der Waals surface area (Å²) in [6, 6.07) is 0. The van der Waals surface area contributed by atoms with E-state index in [1.807, 2.05) is 6.08 Å². The fraction of sp³-hybridized carbons (Fsp3) is 0.900. The Balaban J connectivity index is 2.15. The van der Waals surface area contributed by atoms with Gasteiger partial charge < -0.3 is 10.2 Å². The van der Waals surface area contributed by atoms with Crippen molar-refractivity contribution in [3.8, 4) is 0 Å². The van der Waals surface area contributed by atoms with Crippen molar-refractivity contribution in [3.63, 3.8) is 0 Å². The van der Waals surface area contributed by atoms with Gasteiger partial charge in [-0.1, -0.05) is 40.2 Å². The van der Waals surface area contributed by atoms with Gasteiger partial charge in [-0.2, -0.15) is 0 Å². The highest BCUT2D eigenvalue weighted by atomic mass is 16.3. The Kier molecular flexibility index (Phi) is 3.81. The Morgan fingerprint density at radius 3 is 2.41 bits per heavy atom. The van der Waals surface area contributed by atoms with Crippen LogP contribution in [0.5, 0.6) is 0 Å². The van der Waals surface area contributed by atoms with Crippen molar-refractivity contribution in [1.29, 1.82) is 0 Å². The summed E-state index contributed by atoms with van der Waals surface area (Å²) in [5.74, 6) is 1.38. The van der Waals surface area contributed by atoms with Crippen LogP contribution in [0.1, 0.15) is 66.2 Å². The predicted molar refractivity (Wildman–Crippen MR) is 90.4 cm³/mol. The van der Waals surface area contributed by atoms with Crippen LogP contribution in [-0.2, 0) is 0 Å². The van der Waals surface area contributed by atoms with E-state index in [4.69, 9.17) is 0 Å². The van der Waals surface area contributed by atoms with Gasteiger partial charge in [0, 0.05) is 5.41 Å². The van der Waals surface area contributed by atoms with Gasteiger partial charge in [0.15, 0.2) is 0 Å². The molecule has 0 aliphatic heterocycles. The molecule has 3 saturated carbocycles. The molecule has 0 aromatic rings. The number of aliphatic hydroxyl groups is 2. The van der Waals surface area contributed by atoms with Gasteiger partial charge in [-0.15, -0.1) is 6.58 Å². The van der Waals surface area contributed by atoms with E-state index >= 15 is 0 Å². The standard InChI is InChI=1S/C20H34O2/c1-6-18(4)12-16(21)19(5)13(2)9-11-20(14(3)17(18)22)10-7-8-15(19)20/h6,13-17,21-22H,1,7-12H2,2-5H3/t13-,14+,15+,16+,17+,18-,19-,20-/m1/s1. The quantitative estimate of drug-likeness (QED) is 0.714. The van der Waals surface area contributed by atoms with Crippen molar-refractivity contribution in [2.45, 2.75) is 78.4 Å². The van der Waals surface area contributed by atoms with Crippen LogP contribution in [0, 0.1) is 34.0 Å². The molecule has 2 bridgehead atoms. The highest BCUT2D eigenvalue weighted by Crippen LogP contribution is 2.68. The van der Waals surface area contributed by atoms with Crippen molar-refractivity contribution in [3.05, 3.63) is 12.7 Å². The third-order valence-electron chi connectivity index (χ3n) is 8.56. The smallest absolute Gasteiger partial charge is 0.0659 e. The molecule has 8 atom stereocenters. The molecule has 0 unspecified atom stereocenters. The first kappa shape index (κ1) is 16.5. The van der Waals surface area contributed by atoms with Gasteiger partial charge in [0.1, 0.15) is 0 Å². The maximum atomic E-state index is 11.2. The molecule has 3 rings (SSSR count). The van der Waals surface area contributed by atoms with Gasteiger partial charge in [0.25, 0.3) is 0 Å². The lowest BCUT2D eigenvalue weighted by atomic mass is 9.44. The van der Waals surface area contributed by atoms with Crippen molar-refractivity contribution >= 4 is 0 Å². The molecule has 2 nitrogen and oxygen atoms in total. The van der Waals surface area contributed by atoms with E-state index in [0.717, 1.165) is 0 Å². The third-order valence-corrected chi connectivity index (χ3v) is 8.56. The predicted octanol–water partition coefficient (Wildman–Crippen LogP) is 4.16. The minimum Gasteiger partial charge on any atom is -0.393 e. The molecule has 22 heavy (non-hydrogen) atoms. The minimum atomic E-state index is -0.404. The normalized spacial score (nSPS) is 58.5. The molecule has 0 radical (unpaired) electrons. The summed E-state index contributed by atoms with van der Waals surface area (Å²) in [6.07, 6.45) is 7.87. The second kappa shape index (κ2) is 5.08. The van der Waals surface area contributed by atoms with Crippen LogP contribution in [0.2, 0.25) is 0 Å². The summed E-state index contributed by atoms with van der Waals surface area (Å²) in [5, 5.41) is 22.4. The van der Waals surface area contributed by atoms with Crippen LogP contribution >= 0.6 is 0 Å². The molecule has 0 saturated heterocycles. The molecule has 2 N–H and O–H groups in total. The molecular formula is C20H34O2. The topological polar surface area (TPSA) is 40.5 Å². The lowest BCUT2D eigenvalue weighted by Crippen LogP contribution is -2.61. The first-order chi connectivity index (χ1) is 10.2. The molecule has 0 heterocycles. The zero-order chi connectivity index (χ0) is 16.3. The molecule has 126 valence electrons. The van der Waals surface area contributed by atoms with Crippen LogP contribution in [0.15, 0.2) is 12.7 Å². The summed E-state index contributed by atoms with van der Waals surface area (Å²) in [5.41, 5.74) is -0.197. The SMILES string of the molecule is C=C[C@]1(C)C[C@H](O)[C@]2(C)[C@H](C)CC[C@]3(CCC[C@H]32)[C@@H](C)[C@@H]1O. The summed E-state index contributed by atoms with van der Waals surface area (Å²) in [4.78, 5) is 0. The Labute approximate surface area is 136 Å². The lowest BCUT2D eigenvalue weighted by molar-refractivity contribution is -0.189. The third kappa shape index (κ3) is 1.86. The van der Waals surface area contributed by atoms with E-state index in [1.165, 1.54) is 32.1 Å². The highest BCUT2D eigenvalue weighted by Gasteiger charge is 2.64. The molecule has 3 aliphatic carbocycles. The fourth-order valence-corrected chi connectivity index (χ4v) is 6.65. The Morgan fingerprint density at radius 1 is 1.09 bits per heavy atom. The van der Waals surface area contributed by atoms with Crippen LogP contribution in [0.25, 0.3) is 0 Å². The molecule has 0 aromatic heterocycles. The van der Waals surface area contributed by atoms with E-state index in [2.05, 4.69) is 34.3 Å². The summed E-state index contributed by atoms with van der Waals surface area (Å²) < 4.78 is 0. The second-order valence-electron chi connectivity index (χ2n) is 9.15.